The van der Waals surface area contributed by atoms with Crippen molar-refractivity contribution in [1.29, 1.82) is 0 Å². The van der Waals surface area contributed by atoms with Crippen molar-refractivity contribution in [3.63, 3.8) is 0 Å². The molecule has 1 aromatic carbocycles. The van der Waals surface area contributed by atoms with Crippen molar-refractivity contribution in [2.45, 2.75) is 6.92 Å². The minimum Gasteiger partial charge on any atom is -0.495 e. The molecule has 0 aliphatic heterocycles. The fourth-order valence-electron chi connectivity index (χ4n) is 0.981. The zero-order chi connectivity index (χ0) is 12.6. The number of hydrogen-bond acceptors (Lipinski definition) is 4. The van der Waals surface area contributed by atoms with Crippen molar-refractivity contribution in [2.75, 3.05) is 19.0 Å². The zero-order valence-electron chi connectivity index (χ0n) is 9.04. The lowest BCUT2D eigenvalue weighted by molar-refractivity contribution is 0.381. The van der Waals surface area contributed by atoms with Gasteiger partial charge in [0.1, 0.15) is 5.75 Å². The molecule has 7 heteroatoms. The molecular weight excluding hydrogens is 234 g/mol. The second kappa shape index (κ2) is 7.04. The number of methoxy groups -OCH3 is 1. The van der Waals surface area contributed by atoms with E-state index in [1.54, 1.807) is 7.11 Å². The molecule has 0 fully saturated rings. The van der Waals surface area contributed by atoms with Crippen LogP contribution in [0.25, 0.3) is 0 Å². The van der Waals surface area contributed by atoms with Crippen molar-refractivity contribution in [3.8, 4) is 5.75 Å². The summed E-state index contributed by atoms with van der Waals surface area (Å²) in [7, 11) is -2.99. The van der Waals surface area contributed by atoms with Crippen molar-refractivity contribution in [2.24, 2.45) is 0 Å². The van der Waals surface area contributed by atoms with Gasteiger partial charge in [-0.25, -0.2) is 0 Å². The molecule has 0 unspecified atom stereocenters. The first-order valence-electron chi connectivity index (χ1n) is 4.45. The summed E-state index contributed by atoms with van der Waals surface area (Å²) in [5, 5.41) is 3.20. The van der Waals surface area contributed by atoms with Gasteiger partial charge < -0.3 is 10.1 Å². The van der Waals surface area contributed by atoms with E-state index >= 15 is 0 Å². The molecular formula is C9H15NO5S. The normalized spacial score (nSPS) is 10.0. The molecule has 0 saturated carbocycles. The van der Waals surface area contributed by atoms with Gasteiger partial charge in [-0.15, -0.1) is 0 Å². The van der Waals surface area contributed by atoms with Crippen molar-refractivity contribution in [1.82, 2.24) is 0 Å². The first-order valence-corrected chi connectivity index (χ1v) is 5.85. The van der Waals surface area contributed by atoms with Crippen molar-refractivity contribution in [3.05, 3.63) is 24.3 Å². The lowest BCUT2D eigenvalue weighted by Gasteiger charge is -2.07. The number of ether oxygens (including phenoxy) is 1. The molecule has 0 heterocycles. The average molecular weight is 249 g/mol. The molecule has 1 aromatic rings. The Morgan fingerprint density at radius 3 is 2.25 bits per heavy atom. The van der Waals surface area contributed by atoms with Crippen LogP contribution in [0.4, 0.5) is 5.69 Å². The van der Waals surface area contributed by atoms with Crippen LogP contribution in [-0.2, 0) is 10.4 Å². The molecule has 0 aliphatic carbocycles. The van der Waals surface area contributed by atoms with Gasteiger partial charge in [-0.05, 0) is 19.1 Å². The Kier molecular flexibility index (Phi) is 6.47. The quantitative estimate of drug-likeness (QED) is 0.702. The topological polar surface area (TPSA) is 95.9 Å². The van der Waals surface area contributed by atoms with Gasteiger partial charge in [0.2, 0.25) is 0 Å². The molecule has 16 heavy (non-hydrogen) atoms. The van der Waals surface area contributed by atoms with Crippen LogP contribution < -0.4 is 10.1 Å². The molecule has 92 valence electrons. The summed E-state index contributed by atoms with van der Waals surface area (Å²) in [4.78, 5) is 0. The lowest BCUT2D eigenvalue weighted by atomic mass is 10.3. The van der Waals surface area contributed by atoms with E-state index in [9.17, 15) is 0 Å². The van der Waals surface area contributed by atoms with Crippen LogP contribution in [0.1, 0.15) is 6.92 Å². The van der Waals surface area contributed by atoms with E-state index in [1.165, 1.54) is 0 Å². The second-order valence-corrected chi connectivity index (χ2v) is 3.57. The Morgan fingerprint density at radius 2 is 1.81 bits per heavy atom. The first kappa shape index (κ1) is 14.7. The van der Waals surface area contributed by atoms with Gasteiger partial charge in [0, 0.05) is 6.54 Å². The van der Waals surface area contributed by atoms with Crippen molar-refractivity contribution < 1.29 is 22.3 Å². The summed E-state index contributed by atoms with van der Waals surface area (Å²) < 4.78 is 36.7. The molecule has 1 rings (SSSR count). The van der Waals surface area contributed by atoms with E-state index < -0.39 is 10.4 Å². The summed E-state index contributed by atoms with van der Waals surface area (Å²) in [5.41, 5.74) is 1.05. The van der Waals surface area contributed by atoms with Gasteiger partial charge in [0.15, 0.2) is 0 Å². The lowest BCUT2D eigenvalue weighted by Crippen LogP contribution is -1.98. The number of para-hydroxylation sites is 2. The van der Waals surface area contributed by atoms with Crippen molar-refractivity contribution >= 4 is 16.1 Å². The number of hydrogen-bond donors (Lipinski definition) is 3. The van der Waals surface area contributed by atoms with Gasteiger partial charge in [-0.3, -0.25) is 9.11 Å². The second-order valence-electron chi connectivity index (χ2n) is 2.68. The fourth-order valence-corrected chi connectivity index (χ4v) is 0.981. The standard InChI is InChI=1S/C9H13NO.H2O4S/c1-3-10-8-6-4-5-7-9(8)11-2;1-5(2,3)4/h4-7,10H,3H2,1-2H3;(H2,1,2,3,4). The third-order valence-corrected chi connectivity index (χ3v) is 1.47. The van der Waals surface area contributed by atoms with E-state index in [2.05, 4.69) is 12.2 Å². The minimum absolute atomic E-state index is 0.898. The summed E-state index contributed by atoms with van der Waals surface area (Å²) in [6.45, 7) is 2.98. The highest BCUT2D eigenvalue weighted by Crippen LogP contribution is 2.22. The van der Waals surface area contributed by atoms with E-state index in [0.29, 0.717) is 0 Å². The molecule has 0 radical (unpaired) electrons. The molecule has 0 bridgehead atoms. The molecule has 6 nitrogen and oxygen atoms in total. The highest BCUT2D eigenvalue weighted by atomic mass is 32.3. The van der Waals surface area contributed by atoms with Crippen LogP contribution in [0.2, 0.25) is 0 Å². The SMILES string of the molecule is CCNc1ccccc1OC.O=S(=O)(O)O. The molecule has 0 spiro atoms. The van der Waals surface area contributed by atoms with E-state index in [0.717, 1.165) is 18.0 Å². The third-order valence-electron chi connectivity index (χ3n) is 1.47. The number of rotatable bonds is 3. The molecule has 0 saturated heterocycles. The maximum atomic E-state index is 8.74. The molecule has 0 aliphatic rings. The summed E-state index contributed by atoms with van der Waals surface area (Å²) >= 11 is 0. The monoisotopic (exact) mass is 249 g/mol. The largest absolute Gasteiger partial charge is 0.495 e. The Hall–Kier alpha value is -1.31. The summed E-state index contributed by atoms with van der Waals surface area (Å²) in [6, 6.07) is 7.89. The zero-order valence-corrected chi connectivity index (χ0v) is 9.86. The fraction of sp³-hybridized carbons (Fsp3) is 0.333. The van der Waals surface area contributed by atoms with Crippen LogP contribution in [0.5, 0.6) is 5.75 Å². The van der Waals surface area contributed by atoms with Crippen LogP contribution in [0.15, 0.2) is 24.3 Å². The predicted molar refractivity (Wildman–Crippen MR) is 61.3 cm³/mol. The highest BCUT2D eigenvalue weighted by molar-refractivity contribution is 7.79. The minimum atomic E-state index is -4.67. The van der Waals surface area contributed by atoms with Crippen LogP contribution in [0, 0.1) is 0 Å². The van der Waals surface area contributed by atoms with Gasteiger partial charge >= 0.3 is 10.4 Å². The summed E-state index contributed by atoms with van der Waals surface area (Å²) in [6.07, 6.45) is 0. The van der Waals surface area contributed by atoms with E-state index in [-0.39, 0.29) is 0 Å². The average Bonchev–Trinajstić information content (AvgIpc) is 2.16. The van der Waals surface area contributed by atoms with Crippen LogP contribution in [0.3, 0.4) is 0 Å². The molecule has 0 aromatic heterocycles. The Labute approximate surface area is 94.8 Å². The number of anilines is 1. The Morgan fingerprint density at radius 1 is 1.31 bits per heavy atom. The predicted octanol–water partition coefficient (Wildman–Crippen LogP) is 1.47. The highest BCUT2D eigenvalue weighted by Gasteiger charge is 1.96. The van der Waals surface area contributed by atoms with Gasteiger partial charge in [0.25, 0.3) is 0 Å². The third kappa shape index (κ3) is 8.04. The van der Waals surface area contributed by atoms with E-state index in [1.807, 2.05) is 24.3 Å². The molecule has 3 N–H and O–H groups in total. The van der Waals surface area contributed by atoms with Crippen LogP contribution in [-0.4, -0.2) is 31.2 Å². The first-order chi connectivity index (χ1) is 7.38. The maximum absolute atomic E-state index is 8.74. The summed E-state index contributed by atoms with van der Waals surface area (Å²) in [5.74, 6) is 0.898. The molecule has 0 atom stereocenters. The van der Waals surface area contributed by atoms with Gasteiger partial charge in [0.05, 0.1) is 12.8 Å². The van der Waals surface area contributed by atoms with Gasteiger partial charge in [-0.2, -0.15) is 8.42 Å². The number of nitrogens with one attached hydrogen (secondary N) is 1. The van der Waals surface area contributed by atoms with Gasteiger partial charge in [-0.1, -0.05) is 12.1 Å². The van der Waals surface area contributed by atoms with E-state index in [4.69, 9.17) is 22.3 Å². The van der Waals surface area contributed by atoms with Crippen LogP contribution >= 0.6 is 0 Å². The maximum Gasteiger partial charge on any atom is 0.394 e. The number of benzene rings is 1. The Balaban J connectivity index is 0.000000385. The molecule has 0 amide bonds. The smallest absolute Gasteiger partial charge is 0.394 e. The Bertz CT molecular complexity index is 396.